The summed E-state index contributed by atoms with van der Waals surface area (Å²) >= 11 is 0. The average Bonchev–Trinajstić information content (AvgIpc) is 2.27. The largest absolute Gasteiger partial charge is 0.462 e. The van der Waals surface area contributed by atoms with Crippen LogP contribution >= 0.6 is 0 Å². The lowest BCUT2D eigenvalue weighted by atomic mass is 9.96. The molecule has 0 atom stereocenters. The van der Waals surface area contributed by atoms with Gasteiger partial charge in [0.15, 0.2) is 0 Å². The molecule has 0 aliphatic rings. The summed E-state index contributed by atoms with van der Waals surface area (Å²) in [7, 11) is 1.94. The van der Waals surface area contributed by atoms with E-state index in [0.29, 0.717) is 18.0 Å². The van der Waals surface area contributed by atoms with Crippen molar-refractivity contribution in [2.24, 2.45) is 5.41 Å². The van der Waals surface area contributed by atoms with Crippen molar-refractivity contribution < 1.29 is 9.53 Å². The number of aromatic nitrogens is 1. The molecule has 0 radical (unpaired) electrons. The van der Waals surface area contributed by atoms with Crippen molar-refractivity contribution in [2.45, 2.75) is 27.7 Å². The quantitative estimate of drug-likeness (QED) is 0.771. The third-order valence-electron chi connectivity index (χ3n) is 2.36. The first kappa shape index (κ1) is 14.5. The highest BCUT2D eigenvalue weighted by Crippen LogP contribution is 2.22. The molecule has 0 saturated carbocycles. The van der Waals surface area contributed by atoms with Gasteiger partial charge in [-0.3, -0.25) is 0 Å². The topological polar surface area (TPSA) is 42.4 Å². The smallest absolute Gasteiger partial charge is 0.341 e. The molecule has 0 aliphatic carbocycles. The molecule has 0 unspecified atom stereocenters. The Balaban J connectivity index is 2.98. The minimum absolute atomic E-state index is 0.137. The minimum atomic E-state index is -0.318. The van der Waals surface area contributed by atoms with Crippen molar-refractivity contribution in [3.8, 4) is 0 Å². The number of hydrogen-bond acceptors (Lipinski definition) is 4. The fraction of sp³-hybridized carbons (Fsp3) is 0.571. The first-order valence-electron chi connectivity index (χ1n) is 6.18. The fourth-order valence-electron chi connectivity index (χ4n) is 1.86. The molecule has 0 fully saturated rings. The maximum atomic E-state index is 11.8. The van der Waals surface area contributed by atoms with Crippen molar-refractivity contribution in [3.63, 3.8) is 0 Å². The van der Waals surface area contributed by atoms with Crippen LogP contribution in [0.5, 0.6) is 0 Å². The van der Waals surface area contributed by atoms with Crippen LogP contribution in [0.1, 0.15) is 38.1 Å². The van der Waals surface area contributed by atoms with E-state index in [0.717, 1.165) is 6.54 Å². The lowest BCUT2D eigenvalue weighted by molar-refractivity contribution is 0.0526. The summed E-state index contributed by atoms with van der Waals surface area (Å²) in [5.41, 5.74) is 0.657. The number of rotatable bonds is 4. The highest BCUT2D eigenvalue weighted by Gasteiger charge is 2.20. The van der Waals surface area contributed by atoms with Crippen molar-refractivity contribution in [3.05, 3.63) is 23.9 Å². The Labute approximate surface area is 109 Å². The molecule has 0 amide bonds. The molecule has 0 aliphatic heterocycles. The van der Waals surface area contributed by atoms with Gasteiger partial charge in [-0.15, -0.1) is 0 Å². The maximum Gasteiger partial charge on any atom is 0.341 e. The third-order valence-corrected chi connectivity index (χ3v) is 2.36. The molecule has 0 N–H and O–H groups in total. The zero-order chi connectivity index (χ0) is 13.8. The molecule has 18 heavy (non-hydrogen) atoms. The first-order chi connectivity index (χ1) is 8.35. The summed E-state index contributed by atoms with van der Waals surface area (Å²) in [6, 6.07) is 3.50. The van der Waals surface area contributed by atoms with Gasteiger partial charge in [-0.05, 0) is 24.5 Å². The monoisotopic (exact) mass is 250 g/mol. The first-order valence-corrected chi connectivity index (χ1v) is 6.18. The minimum Gasteiger partial charge on any atom is -0.462 e. The summed E-state index contributed by atoms with van der Waals surface area (Å²) in [6.07, 6.45) is 1.69. The van der Waals surface area contributed by atoms with E-state index in [1.54, 1.807) is 25.3 Å². The second-order valence-corrected chi connectivity index (χ2v) is 5.51. The molecule has 0 aromatic carbocycles. The Morgan fingerprint density at radius 2 is 2.11 bits per heavy atom. The van der Waals surface area contributed by atoms with Gasteiger partial charge >= 0.3 is 5.97 Å². The standard InChI is InChI=1S/C14H22N2O2/c1-6-18-13(17)11-8-7-9-15-12(11)16(5)10-14(2,3)4/h7-9H,6,10H2,1-5H3. The van der Waals surface area contributed by atoms with Crippen molar-refractivity contribution in [1.82, 2.24) is 4.98 Å². The predicted molar refractivity (Wildman–Crippen MR) is 72.9 cm³/mol. The molecule has 1 rings (SSSR count). The molecule has 4 heteroatoms. The Morgan fingerprint density at radius 3 is 2.67 bits per heavy atom. The highest BCUT2D eigenvalue weighted by atomic mass is 16.5. The Bertz CT molecular complexity index is 411. The average molecular weight is 250 g/mol. The number of anilines is 1. The summed E-state index contributed by atoms with van der Waals surface area (Å²) in [5, 5.41) is 0. The van der Waals surface area contributed by atoms with Crippen LogP contribution in [0, 0.1) is 5.41 Å². The van der Waals surface area contributed by atoms with Gasteiger partial charge in [0, 0.05) is 19.8 Å². The van der Waals surface area contributed by atoms with Crippen LogP contribution in [-0.2, 0) is 4.74 Å². The lowest BCUT2D eigenvalue weighted by Gasteiger charge is -2.28. The lowest BCUT2D eigenvalue weighted by Crippen LogP contribution is -2.31. The molecule has 0 saturated heterocycles. The summed E-state index contributed by atoms with van der Waals surface area (Å²) in [6.45, 7) is 9.43. The van der Waals surface area contributed by atoms with Gasteiger partial charge in [-0.25, -0.2) is 9.78 Å². The predicted octanol–water partition coefficient (Wildman–Crippen LogP) is 2.74. The van der Waals surface area contributed by atoms with Crippen molar-refractivity contribution >= 4 is 11.8 Å². The zero-order valence-corrected chi connectivity index (χ0v) is 11.9. The van der Waals surface area contributed by atoms with Crippen LogP contribution in [-0.4, -0.2) is 31.2 Å². The molecule has 1 aromatic rings. The van der Waals surface area contributed by atoms with E-state index in [4.69, 9.17) is 4.74 Å². The Hall–Kier alpha value is -1.58. The van der Waals surface area contributed by atoms with Crippen molar-refractivity contribution in [1.29, 1.82) is 0 Å². The van der Waals surface area contributed by atoms with Crippen LogP contribution < -0.4 is 4.90 Å². The van der Waals surface area contributed by atoms with Crippen LogP contribution in [0.4, 0.5) is 5.82 Å². The van der Waals surface area contributed by atoms with Crippen LogP contribution in [0.2, 0.25) is 0 Å². The van der Waals surface area contributed by atoms with Gasteiger partial charge in [0.1, 0.15) is 11.4 Å². The van der Waals surface area contributed by atoms with Gasteiger partial charge in [-0.2, -0.15) is 0 Å². The maximum absolute atomic E-state index is 11.8. The molecule has 0 spiro atoms. The third kappa shape index (κ3) is 4.02. The van der Waals surface area contributed by atoms with E-state index >= 15 is 0 Å². The van der Waals surface area contributed by atoms with Gasteiger partial charge in [0.25, 0.3) is 0 Å². The fourth-order valence-corrected chi connectivity index (χ4v) is 1.86. The molecule has 100 valence electrons. The number of esters is 1. The summed E-state index contributed by atoms with van der Waals surface area (Å²) < 4.78 is 5.04. The van der Waals surface area contributed by atoms with E-state index in [1.165, 1.54) is 0 Å². The molecule has 1 aromatic heterocycles. The van der Waals surface area contributed by atoms with Gasteiger partial charge in [-0.1, -0.05) is 20.8 Å². The van der Waals surface area contributed by atoms with E-state index in [-0.39, 0.29) is 11.4 Å². The van der Waals surface area contributed by atoms with Gasteiger partial charge in [0.05, 0.1) is 6.61 Å². The zero-order valence-electron chi connectivity index (χ0n) is 11.9. The van der Waals surface area contributed by atoms with Crippen LogP contribution in [0.15, 0.2) is 18.3 Å². The highest BCUT2D eigenvalue weighted by molar-refractivity contribution is 5.94. The van der Waals surface area contributed by atoms with Crippen molar-refractivity contribution in [2.75, 3.05) is 25.1 Å². The molecule has 1 heterocycles. The molecule has 0 bridgehead atoms. The Morgan fingerprint density at radius 1 is 1.44 bits per heavy atom. The van der Waals surface area contributed by atoms with Gasteiger partial charge < -0.3 is 9.64 Å². The number of carbonyl (C=O) groups excluding carboxylic acids is 1. The number of carbonyl (C=O) groups is 1. The van der Waals surface area contributed by atoms with E-state index < -0.39 is 0 Å². The normalized spacial score (nSPS) is 11.2. The Kier molecular flexibility index (Phi) is 4.70. The van der Waals surface area contributed by atoms with Crippen LogP contribution in [0.25, 0.3) is 0 Å². The SMILES string of the molecule is CCOC(=O)c1cccnc1N(C)CC(C)(C)C. The number of nitrogens with zero attached hydrogens (tertiary/aromatic N) is 2. The summed E-state index contributed by atoms with van der Waals surface area (Å²) in [4.78, 5) is 18.1. The number of ether oxygens (including phenoxy) is 1. The second kappa shape index (κ2) is 5.85. The van der Waals surface area contributed by atoms with E-state index in [1.807, 2.05) is 11.9 Å². The van der Waals surface area contributed by atoms with Gasteiger partial charge in [0.2, 0.25) is 0 Å². The molecular formula is C14H22N2O2. The number of hydrogen-bond donors (Lipinski definition) is 0. The van der Waals surface area contributed by atoms with Crippen LogP contribution in [0.3, 0.4) is 0 Å². The molecular weight excluding hydrogens is 228 g/mol. The van der Waals surface area contributed by atoms with E-state index in [2.05, 4.69) is 25.8 Å². The molecule has 4 nitrogen and oxygen atoms in total. The summed E-state index contributed by atoms with van der Waals surface area (Å²) in [5.74, 6) is 0.354. The number of pyridine rings is 1. The second-order valence-electron chi connectivity index (χ2n) is 5.51. The van der Waals surface area contributed by atoms with E-state index in [9.17, 15) is 4.79 Å².